The van der Waals surface area contributed by atoms with Gasteiger partial charge in [-0.1, -0.05) is 17.4 Å². The Bertz CT molecular complexity index is 1700. The van der Waals surface area contributed by atoms with E-state index in [1.165, 1.54) is 30.9 Å². The first-order valence-corrected chi connectivity index (χ1v) is 13.0. The molecule has 2 heterocycles. The van der Waals surface area contributed by atoms with E-state index >= 15 is 0 Å². The van der Waals surface area contributed by atoms with Gasteiger partial charge in [-0.3, -0.25) is 19.5 Å². The number of esters is 1. The molecule has 4 rings (SSSR count). The van der Waals surface area contributed by atoms with Crippen LogP contribution in [-0.4, -0.2) is 48.0 Å². The molecular weight excluding hydrogens is 542 g/mol. The number of thiazole rings is 1. The fourth-order valence-electron chi connectivity index (χ4n) is 4.38. The number of aromatic hydroxyl groups is 1. The topological polar surface area (TPSA) is 152 Å². The van der Waals surface area contributed by atoms with Crippen molar-refractivity contribution in [1.82, 2.24) is 4.57 Å². The lowest BCUT2D eigenvalue weighted by atomic mass is 9.95. The van der Waals surface area contributed by atoms with Crippen LogP contribution in [0.4, 0.5) is 5.69 Å². The number of fused-ring (bicyclic) bond motifs is 1. The van der Waals surface area contributed by atoms with Gasteiger partial charge in [-0.05, 0) is 56.2 Å². The van der Waals surface area contributed by atoms with Crippen molar-refractivity contribution >= 4 is 29.1 Å². The number of ether oxygens (including phenoxy) is 4. The third-order valence-corrected chi connectivity index (χ3v) is 7.09. The summed E-state index contributed by atoms with van der Waals surface area (Å²) in [5, 5.41) is 21.6. The van der Waals surface area contributed by atoms with Gasteiger partial charge in [0.1, 0.15) is 0 Å². The van der Waals surface area contributed by atoms with Crippen LogP contribution < -0.4 is 29.1 Å². The lowest BCUT2D eigenvalue weighted by Crippen LogP contribution is -2.40. The van der Waals surface area contributed by atoms with E-state index in [0.717, 1.165) is 17.4 Å². The van der Waals surface area contributed by atoms with E-state index in [2.05, 4.69) is 4.99 Å². The Kier molecular flexibility index (Phi) is 8.24. The molecule has 1 aliphatic rings. The molecule has 1 N–H and O–H groups in total. The fourth-order valence-corrected chi connectivity index (χ4v) is 5.43. The van der Waals surface area contributed by atoms with Crippen molar-refractivity contribution in [3.8, 4) is 23.0 Å². The molecule has 210 valence electrons. The molecule has 0 unspecified atom stereocenters. The summed E-state index contributed by atoms with van der Waals surface area (Å²) in [7, 11) is 2.78. The first-order valence-electron chi connectivity index (χ1n) is 12.2. The van der Waals surface area contributed by atoms with Crippen LogP contribution in [0.15, 0.2) is 51.4 Å². The van der Waals surface area contributed by atoms with Gasteiger partial charge < -0.3 is 24.1 Å². The molecule has 0 bridgehead atoms. The van der Waals surface area contributed by atoms with Crippen LogP contribution >= 0.6 is 11.3 Å². The van der Waals surface area contributed by atoms with Crippen LogP contribution in [0.5, 0.6) is 23.0 Å². The summed E-state index contributed by atoms with van der Waals surface area (Å²) in [6, 6.07) is 6.75. The van der Waals surface area contributed by atoms with Gasteiger partial charge in [0, 0.05) is 6.07 Å². The summed E-state index contributed by atoms with van der Waals surface area (Å²) >= 11 is 1.05. The zero-order valence-corrected chi connectivity index (χ0v) is 23.2. The molecule has 3 aromatic rings. The number of rotatable bonds is 9. The Morgan fingerprint density at radius 1 is 1.15 bits per heavy atom. The van der Waals surface area contributed by atoms with E-state index < -0.39 is 33.9 Å². The number of carbonyl (C=O) groups is 1. The highest BCUT2D eigenvalue weighted by Gasteiger charge is 2.34. The Morgan fingerprint density at radius 2 is 1.88 bits per heavy atom. The zero-order chi connectivity index (χ0) is 29.1. The van der Waals surface area contributed by atoms with E-state index in [1.54, 1.807) is 32.0 Å². The van der Waals surface area contributed by atoms with Crippen molar-refractivity contribution in [3.63, 3.8) is 0 Å². The molecule has 0 radical (unpaired) electrons. The van der Waals surface area contributed by atoms with Gasteiger partial charge in [-0.15, -0.1) is 0 Å². The number of nitro groups is 1. The average Bonchev–Trinajstić information content (AvgIpc) is 3.22. The summed E-state index contributed by atoms with van der Waals surface area (Å²) in [6.45, 7) is 5.67. The molecule has 0 aliphatic carbocycles. The molecular formula is C27H27N3O9S. The molecule has 0 fully saturated rings. The first kappa shape index (κ1) is 28.4. The largest absolute Gasteiger partial charge is 0.500 e. The van der Waals surface area contributed by atoms with Gasteiger partial charge in [-0.2, -0.15) is 0 Å². The number of methoxy groups -OCH3 is 2. The van der Waals surface area contributed by atoms with Gasteiger partial charge in [0.25, 0.3) is 5.56 Å². The SMILES string of the molecule is CCOC(=O)C1=C(C)N=c2s/c(=C\c3cc(OC)c(O)c([N+](=O)[O-])c3)c(=O)n2[C@H]1c1ccc(OC)c(OCC)c1. The summed E-state index contributed by atoms with van der Waals surface area (Å²) in [6.07, 6.45) is 1.44. The van der Waals surface area contributed by atoms with Crippen molar-refractivity contribution < 1.29 is 33.8 Å². The number of aromatic nitrogens is 1. The Labute approximate surface area is 232 Å². The van der Waals surface area contributed by atoms with Gasteiger partial charge in [0.2, 0.25) is 5.75 Å². The Hall–Kier alpha value is -4.65. The zero-order valence-electron chi connectivity index (χ0n) is 22.4. The van der Waals surface area contributed by atoms with E-state index in [-0.39, 0.29) is 28.0 Å². The maximum atomic E-state index is 13.8. The number of nitrogens with zero attached hydrogens (tertiary/aromatic N) is 3. The minimum atomic E-state index is -0.897. The highest BCUT2D eigenvalue weighted by molar-refractivity contribution is 7.07. The summed E-state index contributed by atoms with van der Waals surface area (Å²) in [4.78, 5) is 42.5. The van der Waals surface area contributed by atoms with Gasteiger partial charge >= 0.3 is 11.7 Å². The van der Waals surface area contributed by atoms with Gasteiger partial charge in [-0.25, -0.2) is 9.79 Å². The number of carbonyl (C=O) groups excluding carboxylic acids is 1. The molecule has 0 spiro atoms. The Morgan fingerprint density at radius 3 is 2.50 bits per heavy atom. The predicted octanol–water partition coefficient (Wildman–Crippen LogP) is 2.83. The minimum absolute atomic E-state index is 0.117. The second-order valence-corrected chi connectivity index (χ2v) is 9.50. The molecule has 0 amide bonds. The smallest absolute Gasteiger partial charge is 0.338 e. The van der Waals surface area contributed by atoms with Gasteiger partial charge in [0.15, 0.2) is 22.0 Å². The third-order valence-electron chi connectivity index (χ3n) is 6.11. The van der Waals surface area contributed by atoms with Crippen molar-refractivity contribution in [3.05, 3.63) is 82.5 Å². The number of allylic oxidation sites excluding steroid dienone is 1. The van der Waals surface area contributed by atoms with Crippen LogP contribution in [-0.2, 0) is 9.53 Å². The molecule has 40 heavy (non-hydrogen) atoms. The summed E-state index contributed by atoms with van der Waals surface area (Å²) < 4.78 is 23.1. The fraction of sp³-hybridized carbons (Fsp3) is 0.296. The number of benzene rings is 2. The molecule has 0 saturated heterocycles. The lowest BCUT2D eigenvalue weighted by molar-refractivity contribution is -0.386. The minimum Gasteiger partial charge on any atom is -0.500 e. The van der Waals surface area contributed by atoms with Crippen LogP contribution in [0.1, 0.15) is 37.9 Å². The van der Waals surface area contributed by atoms with E-state index in [9.17, 15) is 24.8 Å². The average molecular weight is 570 g/mol. The van der Waals surface area contributed by atoms with Crippen molar-refractivity contribution in [2.75, 3.05) is 27.4 Å². The number of nitro benzene ring substituents is 1. The predicted molar refractivity (Wildman–Crippen MR) is 146 cm³/mol. The molecule has 1 aromatic heterocycles. The van der Waals surface area contributed by atoms with Crippen LogP contribution in [0.2, 0.25) is 0 Å². The first-order chi connectivity index (χ1) is 19.1. The van der Waals surface area contributed by atoms with E-state index in [1.807, 2.05) is 6.92 Å². The molecule has 2 aromatic carbocycles. The van der Waals surface area contributed by atoms with Crippen molar-refractivity contribution in [2.24, 2.45) is 4.99 Å². The molecule has 12 nitrogen and oxygen atoms in total. The maximum Gasteiger partial charge on any atom is 0.338 e. The summed E-state index contributed by atoms with van der Waals surface area (Å²) in [5.41, 5.74) is 0.344. The number of phenols is 1. The highest BCUT2D eigenvalue weighted by Crippen LogP contribution is 2.38. The number of hydrogen-bond donors (Lipinski definition) is 1. The molecule has 0 saturated carbocycles. The number of phenolic OH excluding ortho intramolecular Hbond substituents is 1. The van der Waals surface area contributed by atoms with Crippen LogP contribution in [0.3, 0.4) is 0 Å². The normalized spacial score (nSPS) is 14.8. The van der Waals surface area contributed by atoms with Gasteiger partial charge in [0.05, 0.1) is 54.2 Å². The quantitative estimate of drug-likeness (QED) is 0.233. The third kappa shape index (κ3) is 5.15. The van der Waals surface area contributed by atoms with Crippen molar-refractivity contribution in [1.29, 1.82) is 0 Å². The van der Waals surface area contributed by atoms with Crippen molar-refractivity contribution in [2.45, 2.75) is 26.8 Å². The Balaban J connectivity index is 1.98. The molecule has 1 aliphatic heterocycles. The van der Waals surface area contributed by atoms with Crippen LogP contribution in [0, 0.1) is 10.1 Å². The van der Waals surface area contributed by atoms with Crippen LogP contribution in [0.25, 0.3) is 6.08 Å². The maximum absolute atomic E-state index is 13.8. The molecule has 1 atom stereocenters. The second-order valence-electron chi connectivity index (χ2n) is 8.49. The number of hydrogen-bond acceptors (Lipinski definition) is 11. The van der Waals surface area contributed by atoms with E-state index in [4.69, 9.17) is 18.9 Å². The van der Waals surface area contributed by atoms with E-state index in [0.29, 0.717) is 34.2 Å². The lowest BCUT2D eigenvalue weighted by Gasteiger charge is -2.25. The standard InChI is InChI=1S/C27H27N3O9S/c1-6-38-19-13-16(8-9-18(19)36-4)23-22(26(33)39-7-2)14(3)28-27-29(23)25(32)21(40-27)12-15-10-17(30(34)35)24(31)20(11-15)37-5/h8-13,23,31H,6-7H2,1-5H3/b21-12-/t23-/m0/s1. The highest BCUT2D eigenvalue weighted by atomic mass is 32.1. The summed E-state index contributed by atoms with van der Waals surface area (Å²) in [5.74, 6) is -0.431. The monoisotopic (exact) mass is 569 g/mol. The second kappa shape index (κ2) is 11.6. The molecule has 13 heteroatoms.